The molecule has 2 N–H and O–H groups in total. The minimum atomic E-state index is -1.84. The molecule has 52 heavy (non-hydrogen) atoms. The summed E-state index contributed by atoms with van der Waals surface area (Å²) in [4.78, 5) is 56.3. The molecule has 0 saturated carbocycles. The molecular formula is C37H52ClN3O10S. The second kappa shape index (κ2) is 16.0. The monoisotopic (exact) mass is 765 g/mol. The van der Waals surface area contributed by atoms with E-state index in [2.05, 4.69) is 17.9 Å². The van der Waals surface area contributed by atoms with Crippen LogP contribution in [0.2, 0.25) is 5.02 Å². The van der Waals surface area contributed by atoms with Gasteiger partial charge in [0.05, 0.1) is 24.5 Å². The van der Waals surface area contributed by atoms with Gasteiger partial charge in [-0.1, -0.05) is 49.2 Å². The highest BCUT2D eigenvalue weighted by Gasteiger charge is 2.64. The summed E-state index contributed by atoms with van der Waals surface area (Å²) in [5.74, 6) is -1.76. The standard InChI is InChI=1S/C37H52ClN3O10S/c1-20-12-11-13-28(48-10)37(46)19-36(6,51-34(45)39-37)22(3)31-35(5,50-31)18-27(49-33(44)23(4)40(7)29(42)14-15-52)32(43)41(8)25-16-24(21(20)2)17-26(47-9)30(25)38/h11-13,16-17,21-23,27-28,31,46,52H,14-15,18-19H2,1-10H3,(H,39,45). The Bertz CT molecular complexity index is 1620. The van der Waals surface area contributed by atoms with E-state index >= 15 is 0 Å². The smallest absolute Gasteiger partial charge is 0.410 e. The number of ether oxygens (including phenoxy) is 5. The number of esters is 1. The molecule has 9 unspecified atom stereocenters. The van der Waals surface area contributed by atoms with Crippen molar-refractivity contribution in [2.75, 3.05) is 39.0 Å². The maximum Gasteiger partial charge on any atom is 0.410 e. The highest BCUT2D eigenvalue weighted by atomic mass is 35.5. The number of nitrogens with zero attached hydrogens (tertiary/aromatic N) is 2. The highest BCUT2D eigenvalue weighted by molar-refractivity contribution is 7.80. The van der Waals surface area contributed by atoms with Crippen LogP contribution in [-0.4, -0.2) is 109 Å². The van der Waals surface area contributed by atoms with Crippen LogP contribution in [0.5, 0.6) is 5.75 Å². The zero-order valence-corrected chi connectivity index (χ0v) is 33.2. The van der Waals surface area contributed by atoms with Gasteiger partial charge in [0.25, 0.3) is 5.91 Å². The molecule has 15 heteroatoms. The van der Waals surface area contributed by atoms with Crippen LogP contribution in [-0.2, 0) is 33.3 Å². The molecule has 0 aromatic heterocycles. The van der Waals surface area contributed by atoms with Crippen molar-refractivity contribution in [1.82, 2.24) is 10.2 Å². The Hall–Kier alpha value is -3.30. The van der Waals surface area contributed by atoms with Gasteiger partial charge in [-0.15, -0.1) is 0 Å². The van der Waals surface area contributed by atoms with Crippen molar-refractivity contribution in [3.63, 3.8) is 0 Å². The number of methoxy groups -OCH3 is 2. The summed E-state index contributed by atoms with van der Waals surface area (Å²) >= 11 is 10.9. The molecule has 13 nitrogen and oxygen atoms in total. The van der Waals surface area contributed by atoms with Crippen LogP contribution in [0.1, 0.15) is 72.3 Å². The number of alkyl carbamates (subject to hydrolysis) is 1. The molecule has 0 spiro atoms. The Morgan fingerprint density at radius 2 is 1.88 bits per heavy atom. The Labute approximate surface area is 316 Å². The molecule has 2 fully saturated rings. The largest absolute Gasteiger partial charge is 0.495 e. The van der Waals surface area contributed by atoms with Gasteiger partial charge in [0.1, 0.15) is 28.5 Å². The number of likely N-dealkylation sites (N-methyl/N-ethyl adjacent to an activating group) is 2. The zero-order valence-electron chi connectivity index (χ0n) is 31.5. The average molecular weight is 766 g/mol. The Balaban J connectivity index is 1.84. The predicted octanol–water partition coefficient (Wildman–Crippen LogP) is 4.79. The molecule has 0 aliphatic carbocycles. The van der Waals surface area contributed by atoms with E-state index in [-0.39, 0.29) is 36.1 Å². The molecule has 3 aliphatic rings. The third-order valence-electron chi connectivity index (χ3n) is 10.9. The molecule has 4 bridgehead atoms. The molecule has 3 aliphatic heterocycles. The van der Waals surface area contributed by atoms with Crippen molar-refractivity contribution in [2.45, 2.75) is 108 Å². The molecule has 288 valence electrons. The number of thiol groups is 1. The lowest BCUT2D eigenvalue weighted by Crippen LogP contribution is -2.67. The Kier molecular flexibility index (Phi) is 12.7. The van der Waals surface area contributed by atoms with Gasteiger partial charge >= 0.3 is 12.1 Å². The van der Waals surface area contributed by atoms with E-state index in [0.717, 1.165) is 11.1 Å². The van der Waals surface area contributed by atoms with Crippen LogP contribution < -0.4 is 15.0 Å². The SMILES string of the molecule is COc1cc2cc(c1Cl)N(C)C(=O)C(OC(=O)C(C)N(C)C(=O)CCS)CC1(C)OC1C(C)C1(C)CC(O)(NC(=O)O1)C(OC)C=CC=C(C)C2C. The quantitative estimate of drug-likeness (QED) is 0.201. The first-order chi connectivity index (χ1) is 24.2. The lowest BCUT2D eigenvalue weighted by Gasteiger charge is -2.47. The van der Waals surface area contributed by atoms with Gasteiger partial charge in [0.15, 0.2) is 11.8 Å². The minimum Gasteiger partial charge on any atom is -0.495 e. The number of carbonyl (C=O) groups excluding carboxylic acids is 4. The van der Waals surface area contributed by atoms with Gasteiger partial charge in [-0.05, 0) is 51.1 Å². The summed E-state index contributed by atoms with van der Waals surface area (Å²) in [7, 11) is 5.95. The van der Waals surface area contributed by atoms with E-state index in [1.54, 1.807) is 38.1 Å². The van der Waals surface area contributed by atoms with Crippen molar-refractivity contribution < 1.29 is 48.0 Å². The molecule has 9 atom stereocenters. The average Bonchev–Trinajstić information content (AvgIpc) is 3.76. The van der Waals surface area contributed by atoms with E-state index in [4.69, 9.17) is 35.3 Å². The van der Waals surface area contributed by atoms with Gasteiger partial charge in [-0.25, -0.2) is 9.59 Å². The number of hydrogen-bond acceptors (Lipinski definition) is 11. The topological polar surface area (TPSA) is 156 Å². The third-order valence-corrected chi connectivity index (χ3v) is 11.5. The number of aliphatic hydroxyl groups is 1. The van der Waals surface area contributed by atoms with Crippen molar-refractivity contribution in [2.24, 2.45) is 5.92 Å². The van der Waals surface area contributed by atoms with Crippen LogP contribution in [0.25, 0.3) is 0 Å². The number of nitrogens with one attached hydrogen (secondary N) is 1. The predicted molar refractivity (Wildman–Crippen MR) is 199 cm³/mol. The number of hydrogen-bond donors (Lipinski definition) is 3. The van der Waals surface area contributed by atoms with Crippen LogP contribution in [0.3, 0.4) is 0 Å². The first kappa shape index (κ1) is 41.5. The number of allylic oxidation sites excluding steroid dienone is 3. The van der Waals surface area contributed by atoms with E-state index in [1.807, 2.05) is 26.8 Å². The summed E-state index contributed by atoms with van der Waals surface area (Å²) in [5, 5.41) is 14.6. The lowest BCUT2D eigenvalue weighted by molar-refractivity contribution is -0.173. The maximum absolute atomic E-state index is 14.5. The maximum atomic E-state index is 14.5. The van der Waals surface area contributed by atoms with Crippen molar-refractivity contribution in [1.29, 1.82) is 0 Å². The number of benzene rings is 1. The summed E-state index contributed by atoms with van der Waals surface area (Å²) < 4.78 is 29.3. The number of anilines is 1. The molecule has 1 aromatic carbocycles. The molecular weight excluding hydrogens is 714 g/mol. The Morgan fingerprint density at radius 3 is 2.50 bits per heavy atom. The first-order valence-corrected chi connectivity index (χ1v) is 18.3. The van der Waals surface area contributed by atoms with Crippen molar-refractivity contribution in [3.8, 4) is 5.75 Å². The van der Waals surface area contributed by atoms with E-state index in [0.29, 0.717) is 17.2 Å². The molecule has 1 aromatic rings. The van der Waals surface area contributed by atoms with Gasteiger partial charge < -0.3 is 38.6 Å². The fourth-order valence-corrected chi connectivity index (χ4v) is 7.49. The van der Waals surface area contributed by atoms with Gasteiger partial charge in [-0.3, -0.25) is 14.9 Å². The fraction of sp³-hybridized carbons (Fsp3) is 0.622. The zero-order chi connectivity index (χ0) is 38.9. The van der Waals surface area contributed by atoms with Crippen LogP contribution in [0.15, 0.2) is 35.9 Å². The van der Waals surface area contributed by atoms with Crippen LogP contribution in [0.4, 0.5) is 10.5 Å². The summed E-state index contributed by atoms with van der Waals surface area (Å²) in [6, 6.07) is 2.56. The van der Waals surface area contributed by atoms with Gasteiger partial charge in [-0.2, -0.15) is 12.6 Å². The van der Waals surface area contributed by atoms with Crippen molar-refractivity contribution in [3.05, 3.63) is 46.5 Å². The highest BCUT2D eigenvalue weighted by Crippen LogP contribution is 2.51. The summed E-state index contributed by atoms with van der Waals surface area (Å²) in [5.41, 5.74) is -2.09. The van der Waals surface area contributed by atoms with Gasteiger partial charge in [0.2, 0.25) is 5.91 Å². The van der Waals surface area contributed by atoms with Gasteiger partial charge in [0, 0.05) is 52.3 Å². The second-order valence-corrected chi connectivity index (χ2v) is 15.3. The number of halogens is 1. The van der Waals surface area contributed by atoms with Crippen LogP contribution >= 0.6 is 24.2 Å². The number of carbonyl (C=O) groups is 4. The molecule has 3 amide bonds. The molecule has 0 radical (unpaired) electrons. The second-order valence-electron chi connectivity index (χ2n) is 14.5. The number of epoxide rings is 1. The molecule has 2 saturated heterocycles. The number of amides is 3. The summed E-state index contributed by atoms with van der Waals surface area (Å²) in [6.07, 6.45) is 1.53. The number of fused-ring (bicyclic) bond motifs is 5. The van der Waals surface area contributed by atoms with E-state index in [1.165, 1.54) is 45.0 Å². The lowest BCUT2D eigenvalue weighted by atomic mass is 9.76. The van der Waals surface area contributed by atoms with Crippen molar-refractivity contribution >= 4 is 53.8 Å². The Morgan fingerprint density at radius 1 is 1.21 bits per heavy atom. The third kappa shape index (κ3) is 8.41. The first-order valence-electron chi connectivity index (χ1n) is 17.3. The van der Waals surface area contributed by atoms with Crippen LogP contribution in [0, 0.1) is 5.92 Å². The molecule has 4 rings (SSSR count). The number of rotatable bonds is 7. The normalized spacial score (nSPS) is 32.8. The molecule has 3 heterocycles. The minimum absolute atomic E-state index is 0.0564. The fourth-order valence-electron chi connectivity index (χ4n) is 6.99. The van der Waals surface area contributed by atoms with E-state index < -0.39 is 65.2 Å². The summed E-state index contributed by atoms with van der Waals surface area (Å²) in [6.45, 7) is 10.8. The van der Waals surface area contributed by atoms with E-state index in [9.17, 15) is 24.3 Å².